The van der Waals surface area contributed by atoms with Crippen LogP contribution in [0, 0.1) is 31.1 Å². The minimum absolute atomic E-state index is 0.0402. The van der Waals surface area contributed by atoms with Crippen molar-refractivity contribution in [3.05, 3.63) is 34.9 Å². The maximum atomic E-state index is 14.0. The lowest BCUT2D eigenvalue weighted by Crippen LogP contribution is -2.54. The number of nitrogens with zero attached hydrogens (tertiary/aromatic N) is 2. The molecule has 204 valence electrons. The largest absolute Gasteiger partial charge is 0.444 e. The standard InChI is InChI=1S/C29H44N4O4/c1-19(2)18-23(32-28(36)37-29(5,6)7)27(35)33(17-16-30)25(24-20(3)12-11-13-21(24)4)26(34)31-22-14-9-8-10-15-22/h11-13,19,22-23,25H,8-10,14-15,17-18H2,1-7H3,(H,31,34)(H,32,36). The average molecular weight is 513 g/mol. The van der Waals surface area contributed by atoms with Crippen molar-refractivity contribution in [1.29, 1.82) is 5.26 Å². The van der Waals surface area contributed by atoms with E-state index in [9.17, 15) is 19.6 Å². The van der Waals surface area contributed by atoms with Crippen molar-refractivity contribution in [2.24, 2.45) is 5.92 Å². The molecule has 1 aromatic carbocycles. The molecule has 0 radical (unpaired) electrons. The molecule has 37 heavy (non-hydrogen) atoms. The normalized spacial score (nSPS) is 15.9. The number of alkyl carbamates (subject to hydrolysis) is 1. The Morgan fingerprint density at radius 1 is 1.11 bits per heavy atom. The Kier molecular flexibility index (Phi) is 11.0. The number of amides is 3. The summed E-state index contributed by atoms with van der Waals surface area (Å²) in [5.74, 6) is -0.705. The number of hydrogen-bond acceptors (Lipinski definition) is 5. The number of ether oxygens (including phenoxy) is 1. The molecule has 1 saturated carbocycles. The van der Waals surface area contributed by atoms with E-state index in [-0.39, 0.29) is 24.4 Å². The second kappa shape index (κ2) is 13.5. The van der Waals surface area contributed by atoms with Crippen molar-refractivity contribution >= 4 is 17.9 Å². The van der Waals surface area contributed by atoms with E-state index in [2.05, 4.69) is 16.7 Å². The molecule has 3 amide bonds. The first-order valence-corrected chi connectivity index (χ1v) is 13.4. The summed E-state index contributed by atoms with van der Waals surface area (Å²) in [6.07, 6.45) is 4.68. The quantitative estimate of drug-likeness (QED) is 0.448. The van der Waals surface area contributed by atoms with Gasteiger partial charge in [-0.2, -0.15) is 5.26 Å². The summed E-state index contributed by atoms with van der Waals surface area (Å²) in [6.45, 7) is 12.7. The first-order valence-electron chi connectivity index (χ1n) is 13.4. The molecule has 0 saturated heterocycles. The third kappa shape index (κ3) is 9.07. The maximum Gasteiger partial charge on any atom is 0.408 e. The number of nitriles is 1. The molecule has 1 fully saturated rings. The van der Waals surface area contributed by atoms with Gasteiger partial charge in [-0.1, -0.05) is 51.3 Å². The Morgan fingerprint density at radius 3 is 2.22 bits per heavy atom. The molecule has 0 spiro atoms. The second-order valence-electron chi connectivity index (χ2n) is 11.5. The van der Waals surface area contributed by atoms with E-state index >= 15 is 0 Å². The van der Waals surface area contributed by atoms with Crippen LogP contribution < -0.4 is 10.6 Å². The van der Waals surface area contributed by atoms with E-state index in [1.54, 1.807) is 20.8 Å². The van der Waals surface area contributed by atoms with Gasteiger partial charge in [0.05, 0.1) is 6.07 Å². The first-order chi connectivity index (χ1) is 17.3. The van der Waals surface area contributed by atoms with Gasteiger partial charge in [0.25, 0.3) is 0 Å². The fraction of sp³-hybridized carbons (Fsp3) is 0.655. The van der Waals surface area contributed by atoms with Gasteiger partial charge in [-0.3, -0.25) is 9.59 Å². The molecular formula is C29H44N4O4. The molecule has 1 aliphatic carbocycles. The van der Waals surface area contributed by atoms with Crippen LogP contribution in [0.15, 0.2) is 18.2 Å². The highest BCUT2D eigenvalue weighted by atomic mass is 16.6. The van der Waals surface area contributed by atoms with Gasteiger partial charge in [0.1, 0.15) is 24.2 Å². The Labute approximate surface area is 222 Å². The third-order valence-electron chi connectivity index (χ3n) is 6.55. The highest BCUT2D eigenvalue weighted by Gasteiger charge is 2.38. The van der Waals surface area contributed by atoms with E-state index in [1.807, 2.05) is 45.9 Å². The van der Waals surface area contributed by atoms with Gasteiger partial charge in [-0.05, 0) is 76.5 Å². The van der Waals surface area contributed by atoms with E-state index in [4.69, 9.17) is 4.74 Å². The summed E-state index contributed by atoms with van der Waals surface area (Å²) in [5.41, 5.74) is 1.70. The van der Waals surface area contributed by atoms with Gasteiger partial charge in [0.2, 0.25) is 11.8 Å². The molecule has 2 N–H and O–H groups in total. The van der Waals surface area contributed by atoms with Crippen molar-refractivity contribution in [3.8, 4) is 6.07 Å². The van der Waals surface area contributed by atoms with Gasteiger partial charge < -0.3 is 20.3 Å². The van der Waals surface area contributed by atoms with Crippen LogP contribution in [0.3, 0.4) is 0 Å². The minimum Gasteiger partial charge on any atom is -0.444 e. The topological polar surface area (TPSA) is 112 Å². The maximum absolute atomic E-state index is 14.0. The zero-order chi connectivity index (χ0) is 27.8. The first kappa shape index (κ1) is 30.1. The van der Waals surface area contributed by atoms with Gasteiger partial charge in [-0.25, -0.2) is 4.79 Å². The van der Waals surface area contributed by atoms with Crippen LogP contribution in [-0.4, -0.2) is 47.0 Å². The summed E-state index contributed by atoms with van der Waals surface area (Å²) in [5, 5.41) is 15.6. The summed E-state index contributed by atoms with van der Waals surface area (Å²) in [4.78, 5) is 41.8. The number of benzene rings is 1. The Hall–Kier alpha value is -3.08. The predicted octanol–water partition coefficient (Wildman–Crippen LogP) is 5.09. The molecule has 0 aromatic heterocycles. The Bertz CT molecular complexity index is 966. The molecule has 2 unspecified atom stereocenters. The van der Waals surface area contributed by atoms with E-state index in [0.717, 1.165) is 43.2 Å². The third-order valence-corrected chi connectivity index (χ3v) is 6.55. The SMILES string of the molecule is Cc1cccc(C)c1C(C(=O)NC1CCCCC1)N(CC#N)C(=O)C(CC(C)C)NC(=O)OC(C)(C)C. The van der Waals surface area contributed by atoms with Crippen LogP contribution in [-0.2, 0) is 14.3 Å². The highest BCUT2D eigenvalue weighted by molar-refractivity contribution is 5.92. The number of rotatable bonds is 9. The average Bonchev–Trinajstić information content (AvgIpc) is 2.78. The molecule has 2 atom stereocenters. The van der Waals surface area contributed by atoms with Crippen LogP contribution in [0.2, 0.25) is 0 Å². The van der Waals surface area contributed by atoms with E-state index in [0.29, 0.717) is 12.0 Å². The smallest absolute Gasteiger partial charge is 0.408 e. The number of carbonyl (C=O) groups excluding carboxylic acids is 3. The second-order valence-corrected chi connectivity index (χ2v) is 11.5. The van der Waals surface area contributed by atoms with Crippen molar-refractivity contribution in [2.45, 2.75) is 111 Å². The van der Waals surface area contributed by atoms with E-state index in [1.165, 1.54) is 4.90 Å². The monoisotopic (exact) mass is 512 g/mol. The number of aryl methyl sites for hydroxylation is 2. The lowest BCUT2D eigenvalue weighted by molar-refractivity contribution is -0.142. The summed E-state index contributed by atoms with van der Waals surface area (Å²) < 4.78 is 5.41. The minimum atomic E-state index is -0.995. The van der Waals surface area contributed by atoms with Gasteiger partial charge in [0, 0.05) is 6.04 Å². The fourth-order valence-electron chi connectivity index (χ4n) is 4.93. The van der Waals surface area contributed by atoms with Crippen molar-refractivity contribution in [2.75, 3.05) is 6.54 Å². The summed E-state index contributed by atoms with van der Waals surface area (Å²) >= 11 is 0. The lowest BCUT2D eigenvalue weighted by Gasteiger charge is -2.35. The van der Waals surface area contributed by atoms with Crippen LogP contribution in [0.5, 0.6) is 0 Å². The van der Waals surface area contributed by atoms with Crippen LogP contribution in [0.4, 0.5) is 4.79 Å². The molecule has 1 aliphatic rings. The van der Waals surface area contributed by atoms with Gasteiger partial charge in [0.15, 0.2) is 0 Å². The molecule has 1 aromatic rings. The van der Waals surface area contributed by atoms with E-state index < -0.39 is 29.7 Å². The van der Waals surface area contributed by atoms with Crippen molar-refractivity contribution < 1.29 is 19.1 Å². The van der Waals surface area contributed by atoms with Gasteiger partial charge in [-0.15, -0.1) is 0 Å². The lowest BCUT2D eigenvalue weighted by atomic mass is 9.91. The molecule has 0 aliphatic heterocycles. The molecule has 8 heteroatoms. The molecule has 0 heterocycles. The summed E-state index contributed by atoms with van der Waals surface area (Å²) in [7, 11) is 0. The zero-order valence-corrected chi connectivity index (χ0v) is 23.5. The Balaban J connectivity index is 2.50. The highest BCUT2D eigenvalue weighted by Crippen LogP contribution is 2.30. The number of hydrogen-bond donors (Lipinski definition) is 2. The molecule has 8 nitrogen and oxygen atoms in total. The van der Waals surface area contributed by atoms with Gasteiger partial charge >= 0.3 is 6.09 Å². The van der Waals surface area contributed by atoms with Crippen LogP contribution in [0.25, 0.3) is 0 Å². The van der Waals surface area contributed by atoms with Crippen LogP contribution in [0.1, 0.15) is 95.9 Å². The zero-order valence-electron chi connectivity index (χ0n) is 23.5. The summed E-state index contributed by atoms with van der Waals surface area (Å²) in [6, 6.07) is 5.90. The predicted molar refractivity (Wildman–Crippen MR) is 144 cm³/mol. The number of nitrogens with one attached hydrogen (secondary N) is 2. The Morgan fingerprint density at radius 2 is 1.70 bits per heavy atom. The van der Waals surface area contributed by atoms with Crippen molar-refractivity contribution in [1.82, 2.24) is 15.5 Å². The van der Waals surface area contributed by atoms with Crippen molar-refractivity contribution in [3.63, 3.8) is 0 Å². The fourth-order valence-corrected chi connectivity index (χ4v) is 4.93. The molecular weight excluding hydrogens is 468 g/mol. The molecule has 2 rings (SSSR count). The number of carbonyl (C=O) groups is 3. The van der Waals surface area contributed by atoms with Crippen LogP contribution >= 0.6 is 0 Å². The molecule has 0 bridgehead atoms.